The van der Waals surface area contributed by atoms with Crippen molar-refractivity contribution in [2.24, 2.45) is 4.99 Å². The number of benzene rings is 1. The Balaban J connectivity index is 0.00000420. The second-order valence-corrected chi connectivity index (χ2v) is 7.32. The van der Waals surface area contributed by atoms with Gasteiger partial charge in [0, 0.05) is 37.7 Å². The fraction of sp³-hybridized carbons (Fsp3) is 0.526. The highest BCUT2D eigenvalue weighted by Crippen LogP contribution is 2.17. The summed E-state index contributed by atoms with van der Waals surface area (Å²) >= 11 is 1.78. The summed E-state index contributed by atoms with van der Waals surface area (Å²) in [4.78, 5) is 4.58. The van der Waals surface area contributed by atoms with Crippen LogP contribution in [-0.2, 0) is 13.0 Å². The third-order valence-electron chi connectivity index (χ3n) is 4.22. The van der Waals surface area contributed by atoms with Gasteiger partial charge in [-0.15, -0.1) is 34.2 Å². The minimum absolute atomic E-state index is 0. The second-order valence-electron chi connectivity index (χ2n) is 6.33. The van der Waals surface area contributed by atoms with Crippen LogP contribution < -0.4 is 10.6 Å². The van der Waals surface area contributed by atoms with E-state index in [9.17, 15) is 8.78 Å². The van der Waals surface area contributed by atoms with E-state index in [0.29, 0.717) is 31.2 Å². The average molecular weight is 538 g/mol. The van der Waals surface area contributed by atoms with Gasteiger partial charge in [0.25, 0.3) is 0 Å². The van der Waals surface area contributed by atoms with Gasteiger partial charge in [-0.3, -0.25) is 4.99 Å². The van der Waals surface area contributed by atoms with Crippen LogP contribution in [-0.4, -0.2) is 45.8 Å². The number of thioether (sulfide) groups is 1. The first-order valence-corrected chi connectivity index (χ1v) is 10.8. The lowest BCUT2D eigenvalue weighted by molar-refractivity contribution is 0.549. The molecule has 0 aliphatic rings. The van der Waals surface area contributed by atoms with E-state index in [2.05, 4.69) is 32.1 Å². The van der Waals surface area contributed by atoms with E-state index in [0.717, 1.165) is 30.5 Å². The normalized spacial score (nSPS) is 12.4. The Morgan fingerprint density at radius 3 is 2.83 bits per heavy atom. The Morgan fingerprint density at radius 2 is 2.14 bits per heavy atom. The van der Waals surface area contributed by atoms with Crippen LogP contribution >= 0.6 is 35.7 Å². The molecule has 0 fully saturated rings. The largest absolute Gasteiger partial charge is 0.355 e. The van der Waals surface area contributed by atoms with Crippen LogP contribution in [0, 0.1) is 11.6 Å². The number of aromatic nitrogens is 3. The van der Waals surface area contributed by atoms with E-state index >= 15 is 0 Å². The van der Waals surface area contributed by atoms with Gasteiger partial charge < -0.3 is 15.2 Å². The van der Waals surface area contributed by atoms with Crippen LogP contribution in [0.1, 0.15) is 37.7 Å². The van der Waals surface area contributed by atoms with Crippen molar-refractivity contribution in [2.75, 3.05) is 25.1 Å². The Hall–Kier alpha value is -1.43. The minimum Gasteiger partial charge on any atom is -0.355 e. The van der Waals surface area contributed by atoms with Gasteiger partial charge in [-0.05, 0) is 31.4 Å². The van der Waals surface area contributed by atoms with E-state index in [1.807, 2.05) is 18.4 Å². The van der Waals surface area contributed by atoms with Gasteiger partial charge in [0.2, 0.25) is 0 Å². The molecule has 0 bridgehead atoms. The highest BCUT2D eigenvalue weighted by atomic mass is 127. The molecule has 0 aliphatic carbocycles. The van der Waals surface area contributed by atoms with Crippen LogP contribution in [0.15, 0.2) is 29.5 Å². The predicted molar refractivity (Wildman–Crippen MR) is 126 cm³/mol. The SMILES string of the molecule is CCc1nncn1CCNC(=NCCCSC)NC(C)c1ccc(F)cc1F.I. The molecule has 1 atom stereocenters. The Kier molecular flexibility index (Phi) is 12.1. The van der Waals surface area contributed by atoms with Gasteiger partial charge in [-0.25, -0.2) is 8.78 Å². The van der Waals surface area contributed by atoms with Crippen molar-refractivity contribution in [1.82, 2.24) is 25.4 Å². The van der Waals surface area contributed by atoms with Crippen LogP contribution in [0.25, 0.3) is 0 Å². The van der Waals surface area contributed by atoms with Gasteiger partial charge in [0.1, 0.15) is 23.8 Å². The molecule has 162 valence electrons. The van der Waals surface area contributed by atoms with E-state index in [1.165, 1.54) is 12.1 Å². The molecule has 0 radical (unpaired) electrons. The molecular weight excluding hydrogens is 509 g/mol. The summed E-state index contributed by atoms with van der Waals surface area (Å²) in [6.45, 7) is 5.85. The average Bonchev–Trinajstić information content (AvgIpc) is 3.12. The zero-order valence-corrected chi connectivity index (χ0v) is 20.1. The summed E-state index contributed by atoms with van der Waals surface area (Å²) in [7, 11) is 0. The van der Waals surface area contributed by atoms with Crippen molar-refractivity contribution >= 4 is 41.7 Å². The number of halogens is 3. The third kappa shape index (κ3) is 8.45. The van der Waals surface area contributed by atoms with Crippen LogP contribution in [0.4, 0.5) is 8.78 Å². The van der Waals surface area contributed by atoms with Crippen molar-refractivity contribution in [1.29, 1.82) is 0 Å². The Labute approximate surface area is 192 Å². The van der Waals surface area contributed by atoms with Gasteiger partial charge in [-0.2, -0.15) is 11.8 Å². The summed E-state index contributed by atoms with van der Waals surface area (Å²) < 4.78 is 29.2. The van der Waals surface area contributed by atoms with Crippen molar-refractivity contribution in [3.63, 3.8) is 0 Å². The zero-order chi connectivity index (χ0) is 20.4. The second kappa shape index (κ2) is 13.7. The Bertz CT molecular complexity index is 771. The maximum absolute atomic E-state index is 14.1. The first-order valence-electron chi connectivity index (χ1n) is 9.40. The predicted octanol–water partition coefficient (Wildman–Crippen LogP) is 3.79. The molecule has 1 aromatic carbocycles. The molecule has 0 amide bonds. The lowest BCUT2D eigenvalue weighted by Gasteiger charge is -2.19. The van der Waals surface area contributed by atoms with Gasteiger partial charge >= 0.3 is 0 Å². The van der Waals surface area contributed by atoms with E-state index in [-0.39, 0.29) is 30.0 Å². The molecule has 10 heteroatoms. The summed E-state index contributed by atoms with van der Waals surface area (Å²) in [6, 6.07) is 3.26. The molecule has 2 N–H and O–H groups in total. The number of hydrogen-bond acceptors (Lipinski definition) is 4. The number of aliphatic imine (C=N–C) groups is 1. The number of aryl methyl sites for hydroxylation is 1. The topological polar surface area (TPSA) is 67.1 Å². The molecular formula is C19H29F2IN6S. The van der Waals surface area contributed by atoms with E-state index in [4.69, 9.17) is 0 Å². The molecule has 0 saturated carbocycles. The maximum Gasteiger partial charge on any atom is 0.191 e. The van der Waals surface area contributed by atoms with Crippen LogP contribution in [0.2, 0.25) is 0 Å². The lowest BCUT2D eigenvalue weighted by atomic mass is 10.1. The molecule has 6 nitrogen and oxygen atoms in total. The fourth-order valence-corrected chi connectivity index (χ4v) is 3.14. The molecule has 1 unspecified atom stereocenters. The van der Waals surface area contributed by atoms with Crippen LogP contribution in [0.5, 0.6) is 0 Å². The Morgan fingerprint density at radius 1 is 1.34 bits per heavy atom. The number of nitrogens with one attached hydrogen (secondary N) is 2. The van der Waals surface area contributed by atoms with Crippen molar-refractivity contribution in [3.8, 4) is 0 Å². The first kappa shape index (κ1) is 25.6. The summed E-state index contributed by atoms with van der Waals surface area (Å²) in [6.07, 6.45) is 5.54. The van der Waals surface area contributed by atoms with Gasteiger partial charge in [-0.1, -0.05) is 13.0 Å². The quantitative estimate of drug-likeness (QED) is 0.209. The monoisotopic (exact) mass is 538 g/mol. The molecule has 0 saturated heterocycles. The van der Waals surface area contributed by atoms with Crippen LogP contribution in [0.3, 0.4) is 0 Å². The van der Waals surface area contributed by atoms with E-state index < -0.39 is 11.6 Å². The molecule has 2 aromatic rings. The number of rotatable bonds is 10. The maximum atomic E-state index is 14.1. The molecule has 29 heavy (non-hydrogen) atoms. The lowest BCUT2D eigenvalue weighted by Crippen LogP contribution is -2.40. The fourth-order valence-electron chi connectivity index (χ4n) is 2.72. The smallest absolute Gasteiger partial charge is 0.191 e. The standard InChI is InChI=1S/C19H28F2N6S.HI/c1-4-18-26-24-13-27(18)10-9-23-19(22-8-5-11-28-3)25-14(2)16-7-6-15(20)12-17(16)21;/h6-7,12-14H,4-5,8-11H2,1-3H3,(H2,22,23,25);1H. The first-order chi connectivity index (χ1) is 13.5. The summed E-state index contributed by atoms with van der Waals surface area (Å²) in [5.41, 5.74) is 0.395. The van der Waals surface area contributed by atoms with Crippen molar-refractivity contribution in [2.45, 2.75) is 39.3 Å². The zero-order valence-electron chi connectivity index (χ0n) is 17.0. The van der Waals surface area contributed by atoms with E-state index in [1.54, 1.807) is 18.1 Å². The highest BCUT2D eigenvalue weighted by Gasteiger charge is 2.13. The van der Waals surface area contributed by atoms with Crippen molar-refractivity contribution in [3.05, 3.63) is 47.5 Å². The summed E-state index contributed by atoms with van der Waals surface area (Å²) in [5.74, 6) is 1.40. The third-order valence-corrected chi connectivity index (χ3v) is 4.91. The highest BCUT2D eigenvalue weighted by molar-refractivity contribution is 14.0. The van der Waals surface area contributed by atoms with Crippen molar-refractivity contribution < 1.29 is 8.78 Å². The molecule has 2 rings (SSSR count). The molecule has 1 aromatic heterocycles. The molecule has 0 spiro atoms. The number of guanidine groups is 1. The molecule has 0 aliphatic heterocycles. The number of hydrogen-bond donors (Lipinski definition) is 2. The molecule has 1 heterocycles. The van der Waals surface area contributed by atoms with Gasteiger partial charge in [0.05, 0.1) is 6.04 Å². The van der Waals surface area contributed by atoms with Gasteiger partial charge in [0.15, 0.2) is 5.96 Å². The minimum atomic E-state index is -0.585. The summed E-state index contributed by atoms with van der Waals surface area (Å²) in [5, 5.41) is 14.5. The number of nitrogens with zero attached hydrogens (tertiary/aromatic N) is 4.